The van der Waals surface area contributed by atoms with Crippen LogP contribution in [0.1, 0.15) is 24.3 Å². The number of piperazine rings is 1. The maximum absolute atomic E-state index is 13.1. The van der Waals surface area contributed by atoms with Crippen LogP contribution in [0.5, 0.6) is 0 Å². The van der Waals surface area contributed by atoms with Gasteiger partial charge in [-0.2, -0.15) is 0 Å². The molecule has 1 N–H and O–H groups in total. The number of amides is 1. The first-order valence-electron chi connectivity index (χ1n) is 8.88. The van der Waals surface area contributed by atoms with E-state index in [0.29, 0.717) is 18.2 Å². The van der Waals surface area contributed by atoms with Crippen molar-refractivity contribution >= 4 is 17.4 Å². The maximum Gasteiger partial charge on any atom is 0.270 e. The molecule has 26 heavy (non-hydrogen) atoms. The third-order valence-electron chi connectivity index (χ3n) is 4.35. The predicted molar refractivity (Wildman–Crippen MR) is 100 cm³/mol. The van der Waals surface area contributed by atoms with Gasteiger partial charge in [0.1, 0.15) is 23.7 Å². The molecule has 0 bridgehead atoms. The number of nitrogens with zero attached hydrogens (tertiary/aromatic N) is 4. The molecule has 2 aromatic rings. The van der Waals surface area contributed by atoms with Gasteiger partial charge in [0, 0.05) is 44.5 Å². The number of carbonyl (C=O) groups is 1. The van der Waals surface area contributed by atoms with Gasteiger partial charge < -0.3 is 15.1 Å². The topological polar surface area (TPSA) is 61.4 Å². The molecule has 1 aromatic heterocycles. The van der Waals surface area contributed by atoms with E-state index in [1.807, 2.05) is 13.8 Å². The first-order valence-corrected chi connectivity index (χ1v) is 8.88. The Morgan fingerprint density at radius 1 is 1.12 bits per heavy atom. The number of benzene rings is 1. The van der Waals surface area contributed by atoms with Crippen molar-refractivity contribution in [3.8, 4) is 0 Å². The van der Waals surface area contributed by atoms with Crippen LogP contribution >= 0.6 is 0 Å². The molecule has 1 aliphatic heterocycles. The van der Waals surface area contributed by atoms with Crippen LogP contribution in [-0.4, -0.2) is 48.6 Å². The number of hydrogen-bond donors (Lipinski definition) is 1. The molecule has 7 heteroatoms. The number of anilines is 2. The largest absolute Gasteiger partial charge is 0.368 e. The molecule has 6 nitrogen and oxygen atoms in total. The first kappa shape index (κ1) is 18.1. The van der Waals surface area contributed by atoms with Gasteiger partial charge in [-0.25, -0.2) is 14.4 Å². The van der Waals surface area contributed by atoms with Crippen LogP contribution in [0.4, 0.5) is 15.9 Å². The van der Waals surface area contributed by atoms with E-state index in [-0.39, 0.29) is 11.7 Å². The summed E-state index contributed by atoms with van der Waals surface area (Å²) in [6.45, 7) is 7.89. The quantitative estimate of drug-likeness (QED) is 0.890. The van der Waals surface area contributed by atoms with Gasteiger partial charge in [0.2, 0.25) is 0 Å². The van der Waals surface area contributed by atoms with Crippen LogP contribution in [-0.2, 0) is 0 Å². The zero-order valence-corrected chi connectivity index (χ0v) is 15.2. The Morgan fingerprint density at radius 3 is 2.42 bits per heavy atom. The summed E-state index contributed by atoms with van der Waals surface area (Å²) < 4.78 is 13.1. The second kappa shape index (κ2) is 8.12. The van der Waals surface area contributed by atoms with Crippen molar-refractivity contribution in [3.63, 3.8) is 0 Å². The van der Waals surface area contributed by atoms with Gasteiger partial charge in [-0.3, -0.25) is 4.79 Å². The van der Waals surface area contributed by atoms with Crippen LogP contribution in [0.2, 0.25) is 0 Å². The molecule has 1 fully saturated rings. The molecule has 0 spiro atoms. The second-order valence-electron chi connectivity index (χ2n) is 6.82. The summed E-state index contributed by atoms with van der Waals surface area (Å²) in [6.07, 6.45) is 1.44. The minimum atomic E-state index is -0.225. The molecule has 0 unspecified atom stereocenters. The van der Waals surface area contributed by atoms with Gasteiger partial charge >= 0.3 is 0 Å². The lowest BCUT2D eigenvalue weighted by Gasteiger charge is -2.36. The van der Waals surface area contributed by atoms with Crippen molar-refractivity contribution in [3.05, 3.63) is 48.2 Å². The highest BCUT2D eigenvalue weighted by Gasteiger charge is 2.19. The standard InChI is InChI=1S/C19H24FN5O/c1-14(2)12-21-19(26)17-11-18(23-13-22-17)25-9-7-24(8-10-25)16-5-3-15(20)4-6-16/h3-6,11,13-14H,7-10,12H2,1-2H3,(H,21,26). The number of hydrogen-bond acceptors (Lipinski definition) is 5. The van der Waals surface area contributed by atoms with E-state index in [4.69, 9.17) is 0 Å². The number of nitrogens with one attached hydrogen (secondary N) is 1. The molecule has 1 amide bonds. The third kappa shape index (κ3) is 4.47. The van der Waals surface area contributed by atoms with E-state index in [1.54, 1.807) is 18.2 Å². The summed E-state index contributed by atoms with van der Waals surface area (Å²) in [5.74, 6) is 0.747. The lowest BCUT2D eigenvalue weighted by Crippen LogP contribution is -2.47. The number of aromatic nitrogens is 2. The van der Waals surface area contributed by atoms with Crippen molar-refractivity contribution in [1.82, 2.24) is 15.3 Å². The molecular formula is C19H24FN5O. The van der Waals surface area contributed by atoms with Gasteiger partial charge in [0.05, 0.1) is 0 Å². The fourth-order valence-electron chi connectivity index (χ4n) is 2.88. The summed E-state index contributed by atoms with van der Waals surface area (Å²) in [7, 11) is 0. The molecule has 3 rings (SSSR count). The Kier molecular flexibility index (Phi) is 5.65. The van der Waals surface area contributed by atoms with E-state index in [2.05, 4.69) is 25.1 Å². The van der Waals surface area contributed by atoms with Gasteiger partial charge in [-0.15, -0.1) is 0 Å². The summed E-state index contributed by atoms with van der Waals surface area (Å²) in [6, 6.07) is 8.30. The van der Waals surface area contributed by atoms with E-state index in [1.165, 1.54) is 18.5 Å². The minimum absolute atomic E-state index is 0.174. The Balaban J connectivity index is 1.61. The summed E-state index contributed by atoms with van der Waals surface area (Å²) in [5.41, 5.74) is 1.40. The molecule has 0 aliphatic carbocycles. The number of rotatable bonds is 5. The second-order valence-corrected chi connectivity index (χ2v) is 6.82. The van der Waals surface area contributed by atoms with Gasteiger partial charge in [-0.1, -0.05) is 13.8 Å². The highest BCUT2D eigenvalue weighted by molar-refractivity contribution is 5.92. The predicted octanol–water partition coefficient (Wildman–Crippen LogP) is 2.33. The van der Waals surface area contributed by atoms with Gasteiger partial charge in [0.25, 0.3) is 5.91 Å². The molecule has 1 aromatic carbocycles. The van der Waals surface area contributed by atoms with Crippen molar-refractivity contribution in [1.29, 1.82) is 0 Å². The Bertz CT molecular complexity index is 742. The highest BCUT2D eigenvalue weighted by atomic mass is 19.1. The van der Waals surface area contributed by atoms with E-state index in [0.717, 1.165) is 37.7 Å². The summed E-state index contributed by atoms with van der Waals surface area (Å²) >= 11 is 0. The Morgan fingerprint density at radius 2 is 1.77 bits per heavy atom. The Labute approximate surface area is 153 Å². The fourth-order valence-corrected chi connectivity index (χ4v) is 2.88. The fraction of sp³-hybridized carbons (Fsp3) is 0.421. The molecule has 0 radical (unpaired) electrons. The van der Waals surface area contributed by atoms with E-state index in [9.17, 15) is 9.18 Å². The average molecular weight is 357 g/mol. The average Bonchev–Trinajstić information content (AvgIpc) is 2.67. The smallest absolute Gasteiger partial charge is 0.270 e. The number of carbonyl (C=O) groups excluding carboxylic acids is 1. The van der Waals surface area contributed by atoms with Crippen molar-refractivity contribution in [2.24, 2.45) is 5.92 Å². The van der Waals surface area contributed by atoms with Crippen LogP contribution < -0.4 is 15.1 Å². The van der Waals surface area contributed by atoms with Crippen LogP contribution in [0, 0.1) is 11.7 Å². The van der Waals surface area contributed by atoms with Crippen LogP contribution in [0.25, 0.3) is 0 Å². The molecule has 0 saturated carbocycles. The zero-order chi connectivity index (χ0) is 18.5. The van der Waals surface area contributed by atoms with E-state index < -0.39 is 0 Å². The summed E-state index contributed by atoms with van der Waals surface area (Å²) in [4.78, 5) is 24.9. The first-order chi connectivity index (χ1) is 12.5. The number of halogens is 1. The molecule has 138 valence electrons. The molecular weight excluding hydrogens is 333 g/mol. The van der Waals surface area contributed by atoms with Crippen LogP contribution in [0.15, 0.2) is 36.7 Å². The van der Waals surface area contributed by atoms with Crippen molar-refractivity contribution in [2.75, 3.05) is 42.5 Å². The lowest BCUT2D eigenvalue weighted by atomic mass is 10.2. The lowest BCUT2D eigenvalue weighted by molar-refractivity contribution is 0.0944. The van der Waals surface area contributed by atoms with Gasteiger partial charge in [-0.05, 0) is 30.2 Å². The molecule has 1 saturated heterocycles. The Hall–Kier alpha value is -2.70. The minimum Gasteiger partial charge on any atom is -0.368 e. The normalized spacial score (nSPS) is 14.6. The monoisotopic (exact) mass is 357 g/mol. The zero-order valence-electron chi connectivity index (χ0n) is 15.2. The molecule has 0 atom stereocenters. The highest BCUT2D eigenvalue weighted by Crippen LogP contribution is 2.19. The van der Waals surface area contributed by atoms with Gasteiger partial charge in [0.15, 0.2) is 0 Å². The maximum atomic E-state index is 13.1. The third-order valence-corrected chi connectivity index (χ3v) is 4.35. The molecule has 2 heterocycles. The van der Waals surface area contributed by atoms with Crippen LogP contribution in [0.3, 0.4) is 0 Å². The van der Waals surface area contributed by atoms with Crippen molar-refractivity contribution < 1.29 is 9.18 Å². The molecule has 1 aliphatic rings. The SMILES string of the molecule is CC(C)CNC(=O)c1cc(N2CCN(c3ccc(F)cc3)CC2)ncn1. The summed E-state index contributed by atoms with van der Waals surface area (Å²) in [5, 5.41) is 2.88. The van der Waals surface area contributed by atoms with E-state index >= 15 is 0 Å². The van der Waals surface area contributed by atoms with Crippen molar-refractivity contribution in [2.45, 2.75) is 13.8 Å².